The second kappa shape index (κ2) is 5.75. The van der Waals surface area contributed by atoms with Crippen LogP contribution in [-0.4, -0.2) is 32.3 Å². The Kier molecular flexibility index (Phi) is 4.20. The fourth-order valence-electron chi connectivity index (χ4n) is 2.90. The molecule has 0 radical (unpaired) electrons. The smallest absolute Gasteiger partial charge is 0.270 e. The van der Waals surface area contributed by atoms with Crippen LogP contribution in [0.2, 0.25) is 0 Å². The normalized spacial score (nSPS) is 26.6. The van der Waals surface area contributed by atoms with E-state index < -0.39 is 5.54 Å². The fourth-order valence-corrected chi connectivity index (χ4v) is 2.90. The van der Waals surface area contributed by atoms with Gasteiger partial charge in [-0.3, -0.25) is 9.48 Å². The predicted octanol–water partition coefficient (Wildman–Crippen LogP) is 1.15. The molecule has 1 saturated carbocycles. The molecule has 7 heteroatoms. The molecule has 1 aliphatic carbocycles. The molecular formula is C14H23N5O2. The van der Waals surface area contributed by atoms with Gasteiger partial charge in [0.1, 0.15) is 11.2 Å². The van der Waals surface area contributed by atoms with Crippen molar-refractivity contribution in [3.05, 3.63) is 17.5 Å². The number of rotatable bonds is 3. The molecule has 0 spiro atoms. The molecule has 0 bridgehead atoms. The molecule has 1 heterocycles. The van der Waals surface area contributed by atoms with Crippen molar-refractivity contribution in [2.45, 2.75) is 45.1 Å². The summed E-state index contributed by atoms with van der Waals surface area (Å²) in [4.78, 5) is 12.5. The van der Waals surface area contributed by atoms with Crippen LogP contribution in [0.3, 0.4) is 0 Å². The number of carbonyl (C=O) groups is 1. The molecule has 1 aromatic rings. The van der Waals surface area contributed by atoms with E-state index in [-0.39, 0.29) is 11.7 Å². The van der Waals surface area contributed by atoms with Crippen LogP contribution in [0.1, 0.15) is 48.8 Å². The maximum absolute atomic E-state index is 12.5. The van der Waals surface area contributed by atoms with Gasteiger partial charge in [-0.25, -0.2) is 0 Å². The lowest BCUT2D eigenvalue weighted by molar-refractivity contribution is 0.0888. The zero-order valence-electron chi connectivity index (χ0n) is 12.8. The van der Waals surface area contributed by atoms with Crippen molar-refractivity contribution in [1.29, 1.82) is 0 Å². The lowest BCUT2D eigenvalue weighted by Gasteiger charge is -2.38. The molecular weight excluding hydrogens is 270 g/mol. The number of nitrogens with two attached hydrogens (primary N) is 1. The first-order chi connectivity index (χ1) is 9.88. The van der Waals surface area contributed by atoms with Gasteiger partial charge in [0.25, 0.3) is 5.91 Å². The van der Waals surface area contributed by atoms with Crippen molar-refractivity contribution in [3.63, 3.8) is 0 Å². The van der Waals surface area contributed by atoms with Crippen LogP contribution in [0, 0.1) is 12.8 Å². The first-order valence-electron chi connectivity index (χ1n) is 7.19. The molecule has 0 atom stereocenters. The van der Waals surface area contributed by atoms with Crippen LogP contribution in [0.4, 0.5) is 0 Å². The van der Waals surface area contributed by atoms with Gasteiger partial charge in [-0.15, -0.1) is 0 Å². The highest BCUT2D eigenvalue weighted by molar-refractivity contribution is 5.99. The lowest BCUT2D eigenvalue weighted by atomic mass is 9.76. The minimum absolute atomic E-state index is 0.0710. The monoisotopic (exact) mass is 293 g/mol. The minimum Gasteiger partial charge on any atom is -0.409 e. The van der Waals surface area contributed by atoms with Crippen molar-refractivity contribution in [2.75, 3.05) is 0 Å². The molecule has 0 unspecified atom stereocenters. The summed E-state index contributed by atoms with van der Waals surface area (Å²) in [6.07, 6.45) is 3.21. The molecule has 0 aromatic carbocycles. The molecule has 4 N–H and O–H groups in total. The van der Waals surface area contributed by atoms with Gasteiger partial charge < -0.3 is 16.3 Å². The third kappa shape index (κ3) is 3.01. The van der Waals surface area contributed by atoms with Gasteiger partial charge >= 0.3 is 0 Å². The Morgan fingerprint density at radius 3 is 2.67 bits per heavy atom. The van der Waals surface area contributed by atoms with E-state index in [4.69, 9.17) is 10.9 Å². The van der Waals surface area contributed by atoms with E-state index in [1.165, 1.54) is 4.68 Å². The van der Waals surface area contributed by atoms with E-state index in [1.54, 1.807) is 13.1 Å². The van der Waals surface area contributed by atoms with Crippen molar-refractivity contribution < 1.29 is 10.0 Å². The molecule has 1 aromatic heterocycles. The quantitative estimate of drug-likeness (QED) is 0.336. The molecule has 1 fully saturated rings. The van der Waals surface area contributed by atoms with E-state index in [2.05, 4.69) is 22.5 Å². The largest absolute Gasteiger partial charge is 0.409 e. The Morgan fingerprint density at radius 2 is 2.19 bits per heavy atom. The number of nitrogens with zero attached hydrogens (tertiary/aromatic N) is 3. The van der Waals surface area contributed by atoms with Gasteiger partial charge in [0.15, 0.2) is 5.84 Å². The first kappa shape index (κ1) is 15.3. The highest BCUT2D eigenvalue weighted by Crippen LogP contribution is 2.32. The highest BCUT2D eigenvalue weighted by atomic mass is 16.4. The van der Waals surface area contributed by atoms with E-state index in [0.717, 1.165) is 18.5 Å². The van der Waals surface area contributed by atoms with Crippen LogP contribution in [-0.2, 0) is 7.05 Å². The molecule has 1 aliphatic rings. The number of carbonyl (C=O) groups excluding carboxylic acids is 1. The van der Waals surface area contributed by atoms with Gasteiger partial charge in [-0.1, -0.05) is 12.1 Å². The van der Waals surface area contributed by atoms with Crippen molar-refractivity contribution >= 4 is 11.7 Å². The predicted molar refractivity (Wildman–Crippen MR) is 79.2 cm³/mol. The molecule has 21 heavy (non-hydrogen) atoms. The lowest BCUT2D eigenvalue weighted by Crippen LogP contribution is -2.59. The van der Waals surface area contributed by atoms with Gasteiger partial charge in [-0.05, 0) is 44.6 Å². The molecule has 1 amide bonds. The summed E-state index contributed by atoms with van der Waals surface area (Å²) in [6.45, 7) is 4.00. The Morgan fingerprint density at radius 1 is 1.57 bits per heavy atom. The maximum atomic E-state index is 12.5. The molecule has 0 saturated heterocycles. The number of aromatic nitrogens is 2. The van der Waals surface area contributed by atoms with E-state index >= 15 is 0 Å². The van der Waals surface area contributed by atoms with Crippen LogP contribution >= 0.6 is 0 Å². The van der Waals surface area contributed by atoms with Crippen LogP contribution < -0.4 is 11.1 Å². The number of oxime groups is 1. The summed E-state index contributed by atoms with van der Waals surface area (Å²) in [5.74, 6) is 0.404. The summed E-state index contributed by atoms with van der Waals surface area (Å²) < 4.78 is 1.54. The minimum atomic E-state index is -0.767. The molecule has 2 rings (SSSR count). The maximum Gasteiger partial charge on any atom is 0.270 e. The Balaban J connectivity index is 2.23. The number of hydrogen-bond donors (Lipinski definition) is 3. The van der Waals surface area contributed by atoms with Crippen molar-refractivity contribution in [3.8, 4) is 0 Å². The average Bonchev–Trinajstić information content (AvgIpc) is 2.79. The zero-order chi connectivity index (χ0) is 15.6. The second-order valence-electron chi connectivity index (χ2n) is 6.00. The number of nitrogens with one attached hydrogen (secondary N) is 1. The molecule has 7 nitrogen and oxygen atoms in total. The van der Waals surface area contributed by atoms with Gasteiger partial charge in [0, 0.05) is 7.05 Å². The fraction of sp³-hybridized carbons (Fsp3) is 0.643. The summed E-state index contributed by atoms with van der Waals surface area (Å²) in [6, 6.07) is 1.72. The van der Waals surface area contributed by atoms with Crippen molar-refractivity contribution in [2.24, 2.45) is 23.9 Å². The number of hydrogen-bond acceptors (Lipinski definition) is 4. The number of amides is 1. The van der Waals surface area contributed by atoms with Crippen LogP contribution in [0.25, 0.3) is 0 Å². The van der Waals surface area contributed by atoms with E-state index in [1.807, 2.05) is 6.92 Å². The van der Waals surface area contributed by atoms with Crippen LogP contribution in [0.5, 0.6) is 0 Å². The summed E-state index contributed by atoms with van der Waals surface area (Å²) in [5.41, 5.74) is 6.34. The number of amidine groups is 1. The van der Waals surface area contributed by atoms with E-state index in [0.29, 0.717) is 24.5 Å². The topological polar surface area (TPSA) is 106 Å². The molecule has 0 aliphatic heterocycles. The van der Waals surface area contributed by atoms with Gasteiger partial charge in [0.2, 0.25) is 0 Å². The summed E-state index contributed by atoms with van der Waals surface area (Å²) in [7, 11) is 1.72. The van der Waals surface area contributed by atoms with Crippen LogP contribution in [0.15, 0.2) is 11.2 Å². The average molecular weight is 293 g/mol. The Labute approximate surface area is 124 Å². The Bertz CT molecular complexity index is 556. The van der Waals surface area contributed by atoms with Gasteiger partial charge in [-0.2, -0.15) is 5.10 Å². The standard InChI is InChI=1S/C14H23N5O2/c1-9-4-6-14(7-5-9,13(15)18-21)16-12(20)11-8-10(2)17-19(11)3/h8-9,21H,4-7H2,1-3H3,(H2,15,18)(H,16,20). The zero-order valence-corrected chi connectivity index (χ0v) is 12.8. The first-order valence-corrected chi connectivity index (χ1v) is 7.19. The second-order valence-corrected chi connectivity index (χ2v) is 6.00. The van der Waals surface area contributed by atoms with Crippen molar-refractivity contribution in [1.82, 2.24) is 15.1 Å². The molecule has 116 valence electrons. The number of aryl methyl sites for hydroxylation is 2. The highest BCUT2D eigenvalue weighted by Gasteiger charge is 2.40. The Hall–Kier alpha value is -2.05. The third-order valence-corrected chi connectivity index (χ3v) is 4.31. The van der Waals surface area contributed by atoms with E-state index in [9.17, 15) is 4.79 Å². The summed E-state index contributed by atoms with van der Waals surface area (Å²) >= 11 is 0. The SMILES string of the molecule is Cc1cc(C(=O)NC2(C(N)=NO)CCC(C)CC2)n(C)n1. The van der Waals surface area contributed by atoms with Gasteiger partial charge in [0.05, 0.1) is 5.69 Å². The summed E-state index contributed by atoms with van der Waals surface area (Å²) in [5, 5.41) is 19.3. The third-order valence-electron chi connectivity index (χ3n) is 4.31.